The van der Waals surface area contributed by atoms with Crippen molar-refractivity contribution in [3.8, 4) is 43.7 Å². The van der Waals surface area contributed by atoms with Crippen LogP contribution in [0.15, 0.2) is 83.8 Å². The highest BCUT2D eigenvalue weighted by Crippen LogP contribution is 2.44. The van der Waals surface area contributed by atoms with E-state index in [0.717, 1.165) is 43.7 Å². The van der Waals surface area contributed by atoms with Crippen molar-refractivity contribution < 1.29 is 0 Å². The molecule has 28 heavy (non-hydrogen) atoms. The normalized spacial score (nSPS) is 10.9. The van der Waals surface area contributed by atoms with E-state index in [-0.39, 0.29) is 0 Å². The molecule has 1 aromatic carbocycles. The van der Waals surface area contributed by atoms with Gasteiger partial charge in [-0.25, -0.2) is 4.98 Å². The summed E-state index contributed by atoms with van der Waals surface area (Å²) in [4.78, 5) is 10.2. The van der Waals surface area contributed by atoms with Gasteiger partial charge in [0.05, 0.1) is 10.6 Å². The van der Waals surface area contributed by atoms with Crippen molar-refractivity contribution in [2.24, 2.45) is 0 Å². The van der Waals surface area contributed by atoms with Crippen LogP contribution in [0.3, 0.4) is 0 Å². The SMILES string of the molecule is c1ccc(-c2c(-c3ccccn3)nnc(-c3cccs3)c2-c2nccs2)cc1. The van der Waals surface area contributed by atoms with Gasteiger partial charge >= 0.3 is 0 Å². The Bertz CT molecular complexity index is 1190. The average molecular weight is 399 g/mol. The van der Waals surface area contributed by atoms with Crippen LogP contribution in [0, 0.1) is 0 Å². The van der Waals surface area contributed by atoms with Gasteiger partial charge in [0, 0.05) is 28.9 Å². The van der Waals surface area contributed by atoms with Gasteiger partial charge in [0.25, 0.3) is 0 Å². The fourth-order valence-electron chi connectivity index (χ4n) is 3.15. The molecule has 0 bridgehead atoms. The lowest BCUT2D eigenvalue weighted by atomic mass is 9.95. The van der Waals surface area contributed by atoms with E-state index in [2.05, 4.69) is 43.7 Å². The molecule has 0 fully saturated rings. The number of hydrogen-bond acceptors (Lipinski definition) is 6. The van der Waals surface area contributed by atoms with Gasteiger partial charge in [-0.15, -0.1) is 32.9 Å². The summed E-state index contributed by atoms with van der Waals surface area (Å²) in [5.74, 6) is 0. The van der Waals surface area contributed by atoms with Crippen molar-refractivity contribution in [3.63, 3.8) is 0 Å². The third kappa shape index (κ3) is 3.02. The second-order valence-corrected chi connectivity index (χ2v) is 7.89. The van der Waals surface area contributed by atoms with Crippen molar-refractivity contribution in [2.45, 2.75) is 0 Å². The summed E-state index contributed by atoms with van der Waals surface area (Å²) in [6.07, 6.45) is 3.61. The van der Waals surface area contributed by atoms with Crippen LogP contribution in [0.1, 0.15) is 0 Å². The maximum absolute atomic E-state index is 4.63. The zero-order valence-electron chi connectivity index (χ0n) is 14.7. The molecule has 0 saturated heterocycles. The molecule has 0 unspecified atom stereocenters. The maximum atomic E-state index is 4.63. The van der Waals surface area contributed by atoms with Crippen LogP contribution in [0.4, 0.5) is 0 Å². The molecule has 0 spiro atoms. The Balaban J connectivity index is 1.90. The Morgan fingerprint density at radius 1 is 0.607 bits per heavy atom. The summed E-state index contributed by atoms with van der Waals surface area (Å²) >= 11 is 3.26. The van der Waals surface area contributed by atoms with Gasteiger partial charge in [0.1, 0.15) is 16.4 Å². The smallest absolute Gasteiger partial charge is 0.126 e. The van der Waals surface area contributed by atoms with E-state index in [1.54, 1.807) is 28.9 Å². The van der Waals surface area contributed by atoms with Gasteiger partial charge in [-0.1, -0.05) is 42.5 Å². The van der Waals surface area contributed by atoms with Gasteiger partial charge in [0.15, 0.2) is 0 Å². The second kappa shape index (κ2) is 7.42. The summed E-state index contributed by atoms with van der Waals surface area (Å²) in [7, 11) is 0. The number of hydrogen-bond donors (Lipinski definition) is 0. The van der Waals surface area contributed by atoms with Crippen LogP contribution >= 0.6 is 22.7 Å². The molecule has 0 N–H and O–H groups in total. The Kier molecular flexibility index (Phi) is 4.48. The molecule has 0 aliphatic rings. The first kappa shape index (κ1) is 16.9. The minimum absolute atomic E-state index is 0.761. The number of pyridine rings is 1. The topological polar surface area (TPSA) is 51.6 Å². The fraction of sp³-hybridized carbons (Fsp3) is 0. The Labute approximate surface area is 170 Å². The van der Waals surface area contributed by atoms with Crippen LogP contribution in [-0.4, -0.2) is 20.2 Å². The first-order valence-electron chi connectivity index (χ1n) is 8.73. The van der Waals surface area contributed by atoms with Crippen molar-refractivity contribution in [2.75, 3.05) is 0 Å². The summed E-state index contributed by atoms with van der Waals surface area (Å²) in [6.45, 7) is 0. The third-order valence-electron chi connectivity index (χ3n) is 4.34. The highest BCUT2D eigenvalue weighted by molar-refractivity contribution is 7.14. The lowest BCUT2D eigenvalue weighted by Crippen LogP contribution is -2.00. The second-order valence-electron chi connectivity index (χ2n) is 6.04. The van der Waals surface area contributed by atoms with E-state index in [4.69, 9.17) is 0 Å². The lowest BCUT2D eigenvalue weighted by Gasteiger charge is -2.15. The molecule has 6 heteroatoms. The molecule has 0 radical (unpaired) electrons. The first-order chi connectivity index (χ1) is 13.9. The van der Waals surface area contributed by atoms with Crippen LogP contribution < -0.4 is 0 Å². The van der Waals surface area contributed by atoms with Crippen molar-refractivity contribution >= 4 is 22.7 Å². The molecular formula is C22H14N4S2. The predicted octanol–water partition coefficient (Wildman–Crippen LogP) is 6.06. The van der Waals surface area contributed by atoms with E-state index in [1.807, 2.05) is 54.0 Å². The standard InChI is InChI=1S/C22H14N4S2/c1-2-7-15(8-3-1)18-19(22-24-12-14-28-22)21(17-10-6-13-27-17)26-25-20(18)16-9-4-5-11-23-16/h1-14H. The van der Waals surface area contributed by atoms with Crippen LogP contribution in [-0.2, 0) is 0 Å². The number of thiophene rings is 1. The van der Waals surface area contributed by atoms with Crippen molar-refractivity contribution in [1.29, 1.82) is 0 Å². The highest BCUT2D eigenvalue weighted by Gasteiger charge is 2.23. The first-order valence-corrected chi connectivity index (χ1v) is 10.5. The predicted molar refractivity (Wildman–Crippen MR) is 115 cm³/mol. The fourth-order valence-corrected chi connectivity index (χ4v) is 4.55. The van der Waals surface area contributed by atoms with Gasteiger partial charge < -0.3 is 0 Å². The zero-order chi connectivity index (χ0) is 18.8. The highest BCUT2D eigenvalue weighted by atomic mass is 32.1. The van der Waals surface area contributed by atoms with Crippen LogP contribution in [0.5, 0.6) is 0 Å². The van der Waals surface area contributed by atoms with Gasteiger partial charge in [-0.05, 0) is 29.1 Å². The number of nitrogens with zero attached hydrogens (tertiary/aromatic N) is 4. The lowest BCUT2D eigenvalue weighted by molar-refractivity contribution is 1.04. The molecule has 4 aromatic heterocycles. The summed E-state index contributed by atoms with van der Waals surface area (Å²) in [5.41, 5.74) is 5.48. The monoisotopic (exact) mass is 398 g/mol. The molecule has 5 rings (SSSR count). The number of aromatic nitrogens is 4. The third-order valence-corrected chi connectivity index (χ3v) is 6.01. The summed E-state index contributed by atoms with van der Waals surface area (Å²) in [6, 6.07) is 20.2. The van der Waals surface area contributed by atoms with Crippen molar-refractivity contribution in [1.82, 2.24) is 20.2 Å². The number of thiazole rings is 1. The molecule has 134 valence electrons. The van der Waals surface area contributed by atoms with Crippen LogP contribution in [0.25, 0.3) is 43.7 Å². The quantitative estimate of drug-likeness (QED) is 0.369. The molecule has 0 saturated carbocycles. The Hall–Kier alpha value is -3.22. The van der Waals surface area contributed by atoms with E-state index in [9.17, 15) is 0 Å². The van der Waals surface area contributed by atoms with Gasteiger partial charge in [-0.2, -0.15) is 0 Å². The molecule has 4 nitrogen and oxygen atoms in total. The average Bonchev–Trinajstić information content (AvgIpc) is 3.48. The molecule has 5 aromatic rings. The van der Waals surface area contributed by atoms with Gasteiger partial charge in [0.2, 0.25) is 0 Å². The molecule has 0 amide bonds. The molecule has 0 aliphatic heterocycles. The van der Waals surface area contributed by atoms with E-state index in [0.29, 0.717) is 0 Å². The Morgan fingerprint density at radius 2 is 1.46 bits per heavy atom. The minimum Gasteiger partial charge on any atom is -0.255 e. The summed E-state index contributed by atoms with van der Waals surface area (Å²) in [5, 5.41) is 14.2. The molecule has 0 aliphatic carbocycles. The largest absolute Gasteiger partial charge is 0.255 e. The minimum atomic E-state index is 0.761. The molecule has 4 heterocycles. The van der Waals surface area contributed by atoms with Crippen LogP contribution in [0.2, 0.25) is 0 Å². The van der Waals surface area contributed by atoms with E-state index < -0.39 is 0 Å². The molecular weight excluding hydrogens is 384 g/mol. The maximum Gasteiger partial charge on any atom is 0.126 e. The zero-order valence-corrected chi connectivity index (χ0v) is 16.3. The van der Waals surface area contributed by atoms with Gasteiger partial charge in [-0.3, -0.25) is 4.98 Å². The van der Waals surface area contributed by atoms with E-state index >= 15 is 0 Å². The number of benzene rings is 1. The molecule has 0 atom stereocenters. The summed E-state index contributed by atoms with van der Waals surface area (Å²) < 4.78 is 0. The Morgan fingerprint density at radius 3 is 2.18 bits per heavy atom. The number of rotatable bonds is 4. The van der Waals surface area contributed by atoms with E-state index in [1.165, 1.54) is 0 Å². The van der Waals surface area contributed by atoms with Crippen molar-refractivity contribution in [3.05, 3.63) is 83.8 Å².